The number of hydrogen-bond acceptors (Lipinski definition) is 5. The van der Waals surface area contributed by atoms with E-state index in [1.807, 2.05) is 6.07 Å². The van der Waals surface area contributed by atoms with Gasteiger partial charge in [0.2, 0.25) is 0 Å². The number of aromatic nitrogens is 2. The van der Waals surface area contributed by atoms with Gasteiger partial charge >= 0.3 is 5.97 Å². The van der Waals surface area contributed by atoms with Gasteiger partial charge < -0.3 is 10.2 Å². The Balaban J connectivity index is 1.77. The molecule has 0 aliphatic carbocycles. The first-order chi connectivity index (χ1) is 14.7. The highest BCUT2D eigenvalue weighted by Crippen LogP contribution is 2.35. The van der Waals surface area contributed by atoms with Gasteiger partial charge in [-0.25, -0.2) is 4.79 Å². The van der Waals surface area contributed by atoms with Crippen molar-refractivity contribution in [2.24, 2.45) is 12.0 Å². The van der Waals surface area contributed by atoms with E-state index in [0.717, 1.165) is 5.56 Å². The summed E-state index contributed by atoms with van der Waals surface area (Å²) in [4.78, 5) is 16.2. The van der Waals surface area contributed by atoms with Crippen molar-refractivity contribution in [3.05, 3.63) is 69.3 Å². The zero-order chi connectivity index (χ0) is 22.7. The first-order valence-corrected chi connectivity index (χ1v) is 10.4. The number of carboxylic acids is 1. The normalized spacial score (nSPS) is 11.5. The molecule has 0 saturated heterocycles. The molecule has 3 aromatic rings. The maximum atomic E-state index is 11.1. The van der Waals surface area contributed by atoms with Gasteiger partial charge in [-0.05, 0) is 36.8 Å². The Hall–Kier alpha value is -2.74. The van der Waals surface area contributed by atoms with Crippen molar-refractivity contribution >= 4 is 52.0 Å². The van der Waals surface area contributed by atoms with E-state index < -0.39 is 5.97 Å². The van der Waals surface area contributed by atoms with Crippen molar-refractivity contribution in [1.29, 1.82) is 0 Å². The summed E-state index contributed by atoms with van der Waals surface area (Å²) in [6, 6.07) is 11.7. The zero-order valence-electron chi connectivity index (χ0n) is 16.8. The summed E-state index contributed by atoms with van der Waals surface area (Å²) in [6.07, 6.45) is 0.427. The number of thiocarbonyl (C=S) groups is 1. The predicted molar refractivity (Wildman–Crippen MR) is 127 cm³/mol. The van der Waals surface area contributed by atoms with Crippen molar-refractivity contribution < 1.29 is 15.0 Å². The summed E-state index contributed by atoms with van der Waals surface area (Å²) in [7, 11) is 1.72. The maximum Gasteiger partial charge on any atom is 0.335 e. The Morgan fingerprint density at radius 1 is 1.19 bits per heavy atom. The molecule has 31 heavy (non-hydrogen) atoms. The maximum absolute atomic E-state index is 11.1. The Morgan fingerprint density at radius 2 is 1.94 bits per heavy atom. The smallest absolute Gasteiger partial charge is 0.335 e. The SMILES string of the molecule is CC(=NCC(=S)Cc1cccc(C(=O)O)c1)c1nn(C)c(-c2ccc(Cl)c(Cl)c2)c1O. The minimum absolute atomic E-state index is 0.0118. The van der Waals surface area contributed by atoms with Crippen LogP contribution in [0.25, 0.3) is 11.3 Å². The van der Waals surface area contributed by atoms with E-state index in [1.165, 1.54) is 6.07 Å². The lowest BCUT2D eigenvalue weighted by molar-refractivity contribution is 0.0696. The van der Waals surface area contributed by atoms with Gasteiger partial charge in [0.15, 0.2) is 5.75 Å². The molecule has 0 aliphatic heterocycles. The number of halogens is 2. The number of aryl methyl sites for hydroxylation is 1. The summed E-state index contributed by atoms with van der Waals surface area (Å²) >= 11 is 17.5. The van der Waals surface area contributed by atoms with Crippen LogP contribution >= 0.6 is 35.4 Å². The largest absolute Gasteiger partial charge is 0.504 e. The third-order valence-electron chi connectivity index (χ3n) is 4.63. The van der Waals surface area contributed by atoms with Crippen LogP contribution in [0.15, 0.2) is 47.5 Å². The van der Waals surface area contributed by atoms with E-state index in [0.29, 0.717) is 44.0 Å². The fourth-order valence-electron chi connectivity index (χ4n) is 3.10. The molecule has 0 saturated carbocycles. The molecule has 0 spiro atoms. The summed E-state index contributed by atoms with van der Waals surface area (Å²) in [5.41, 5.74) is 3.07. The first kappa shape index (κ1) is 22.9. The van der Waals surface area contributed by atoms with Gasteiger partial charge in [0.1, 0.15) is 11.4 Å². The lowest BCUT2D eigenvalue weighted by Crippen LogP contribution is -2.08. The number of aromatic carboxylic acids is 1. The minimum atomic E-state index is -0.981. The molecule has 0 aliphatic rings. The van der Waals surface area contributed by atoms with Crippen molar-refractivity contribution in [2.75, 3.05) is 6.54 Å². The van der Waals surface area contributed by atoms with Crippen molar-refractivity contribution in [2.45, 2.75) is 13.3 Å². The van der Waals surface area contributed by atoms with Gasteiger partial charge in [-0.3, -0.25) is 9.67 Å². The number of carbonyl (C=O) groups is 1. The number of aromatic hydroxyl groups is 1. The number of nitrogens with zero attached hydrogens (tertiary/aromatic N) is 3. The molecule has 1 heterocycles. The van der Waals surface area contributed by atoms with Gasteiger partial charge in [0, 0.05) is 23.9 Å². The monoisotopic (exact) mass is 475 g/mol. The third-order valence-corrected chi connectivity index (χ3v) is 5.64. The van der Waals surface area contributed by atoms with Gasteiger partial charge in [-0.1, -0.05) is 53.6 Å². The van der Waals surface area contributed by atoms with Crippen LogP contribution in [0.5, 0.6) is 5.75 Å². The molecule has 0 atom stereocenters. The number of aliphatic imine (C=N–C) groups is 1. The number of rotatable bonds is 7. The van der Waals surface area contributed by atoms with Crippen molar-refractivity contribution in [3.63, 3.8) is 0 Å². The molecule has 0 amide bonds. The fraction of sp³-hybridized carbons (Fsp3) is 0.182. The summed E-state index contributed by atoms with van der Waals surface area (Å²) < 4.78 is 1.55. The molecule has 0 bridgehead atoms. The van der Waals surface area contributed by atoms with Crippen LogP contribution in [0.3, 0.4) is 0 Å². The molecule has 3 rings (SSSR count). The van der Waals surface area contributed by atoms with Gasteiger partial charge in [0.05, 0.1) is 27.9 Å². The Labute approximate surface area is 194 Å². The van der Waals surface area contributed by atoms with E-state index >= 15 is 0 Å². The molecular formula is C22H19Cl2N3O3S. The van der Waals surface area contributed by atoms with E-state index in [-0.39, 0.29) is 17.9 Å². The van der Waals surface area contributed by atoms with Crippen LogP contribution < -0.4 is 0 Å². The van der Waals surface area contributed by atoms with Gasteiger partial charge in [0.25, 0.3) is 0 Å². The molecule has 2 aromatic carbocycles. The molecule has 1 aromatic heterocycles. The molecular weight excluding hydrogens is 457 g/mol. The quantitative estimate of drug-likeness (QED) is 0.361. The third kappa shape index (κ3) is 5.31. The highest BCUT2D eigenvalue weighted by Gasteiger charge is 2.19. The van der Waals surface area contributed by atoms with Crippen LogP contribution in [-0.4, -0.2) is 43.1 Å². The average Bonchev–Trinajstić information content (AvgIpc) is 3.02. The topological polar surface area (TPSA) is 87.7 Å². The average molecular weight is 476 g/mol. The van der Waals surface area contributed by atoms with Crippen molar-refractivity contribution in [3.8, 4) is 17.0 Å². The highest BCUT2D eigenvalue weighted by molar-refractivity contribution is 7.80. The highest BCUT2D eigenvalue weighted by atomic mass is 35.5. The van der Waals surface area contributed by atoms with Gasteiger partial charge in [-0.15, -0.1) is 0 Å². The predicted octanol–water partition coefficient (Wildman–Crippen LogP) is 5.22. The summed E-state index contributed by atoms with van der Waals surface area (Å²) in [5, 5.41) is 25.0. The molecule has 160 valence electrons. The van der Waals surface area contributed by atoms with E-state index in [2.05, 4.69) is 10.1 Å². The second-order valence-electron chi connectivity index (χ2n) is 6.92. The lowest BCUT2D eigenvalue weighted by atomic mass is 10.1. The molecule has 6 nitrogen and oxygen atoms in total. The zero-order valence-corrected chi connectivity index (χ0v) is 19.1. The Morgan fingerprint density at radius 3 is 2.61 bits per heavy atom. The lowest BCUT2D eigenvalue weighted by Gasteiger charge is -2.05. The molecule has 0 radical (unpaired) electrons. The second-order valence-corrected chi connectivity index (χ2v) is 8.31. The molecule has 0 unspecified atom stereocenters. The fourth-order valence-corrected chi connectivity index (χ4v) is 3.63. The molecule has 0 fully saturated rings. The molecule has 2 N–H and O–H groups in total. The van der Waals surface area contributed by atoms with Crippen LogP contribution in [0, 0.1) is 0 Å². The number of benzene rings is 2. The minimum Gasteiger partial charge on any atom is -0.504 e. The number of carboxylic acid groups (broad SMARTS) is 1. The number of hydrogen-bond donors (Lipinski definition) is 2. The van der Waals surface area contributed by atoms with Crippen LogP contribution in [0.4, 0.5) is 0 Å². The second kappa shape index (κ2) is 9.60. The van der Waals surface area contributed by atoms with E-state index in [9.17, 15) is 9.90 Å². The van der Waals surface area contributed by atoms with Crippen molar-refractivity contribution in [1.82, 2.24) is 9.78 Å². The summed E-state index contributed by atoms with van der Waals surface area (Å²) in [5.74, 6) is -0.993. The Kier molecular flexibility index (Phi) is 7.10. The van der Waals surface area contributed by atoms with E-state index in [1.54, 1.807) is 49.0 Å². The van der Waals surface area contributed by atoms with Gasteiger partial charge in [-0.2, -0.15) is 5.10 Å². The van der Waals surface area contributed by atoms with Crippen LogP contribution in [0.2, 0.25) is 10.0 Å². The molecule has 9 heteroatoms. The van der Waals surface area contributed by atoms with E-state index in [4.69, 9.17) is 40.5 Å². The first-order valence-electron chi connectivity index (χ1n) is 9.24. The Bertz CT molecular complexity index is 1200. The van der Waals surface area contributed by atoms with Crippen LogP contribution in [-0.2, 0) is 13.5 Å². The summed E-state index contributed by atoms with van der Waals surface area (Å²) in [6.45, 7) is 1.99. The van der Waals surface area contributed by atoms with Crippen LogP contribution in [0.1, 0.15) is 28.5 Å². The standard InChI is InChI=1S/C22H19Cl2N3O3S/c1-12(25-11-16(31)9-13-4-3-5-15(8-13)22(29)30)19-21(28)20(27(2)26-19)14-6-7-17(23)18(24)10-14/h3-8,10,28H,9,11H2,1-2H3,(H,29,30).